The van der Waals surface area contributed by atoms with Crippen LogP contribution >= 0.6 is 0 Å². The normalized spacial score (nSPS) is 18.8. The van der Waals surface area contributed by atoms with Gasteiger partial charge in [-0.1, -0.05) is 18.2 Å². The van der Waals surface area contributed by atoms with Crippen LogP contribution in [-0.4, -0.2) is 11.6 Å². The average Bonchev–Trinajstić information content (AvgIpc) is 2.33. The van der Waals surface area contributed by atoms with Crippen LogP contribution in [0, 0.1) is 0 Å². The molecule has 1 aliphatic rings. The summed E-state index contributed by atoms with van der Waals surface area (Å²) < 4.78 is 0. The van der Waals surface area contributed by atoms with Gasteiger partial charge in [0, 0.05) is 17.3 Å². The third-order valence-electron chi connectivity index (χ3n) is 3.04. The molecule has 0 unspecified atom stereocenters. The van der Waals surface area contributed by atoms with Crippen molar-refractivity contribution in [2.24, 2.45) is 0 Å². The molecule has 0 fully saturated rings. The van der Waals surface area contributed by atoms with E-state index in [0.29, 0.717) is 6.04 Å². The van der Waals surface area contributed by atoms with E-state index in [9.17, 15) is 0 Å². The van der Waals surface area contributed by atoms with Crippen molar-refractivity contribution in [2.45, 2.75) is 45.7 Å². The molecule has 0 atom stereocenters. The van der Waals surface area contributed by atoms with E-state index in [4.69, 9.17) is 0 Å². The fourth-order valence-corrected chi connectivity index (χ4v) is 2.75. The second kappa shape index (κ2) is 3.01. The van der Waals surface area contributed by atoms with E-state index in [0.717, 1.165) is 0 Å². The Labute approximate surface area is 86.7 Å². The van der Waals surface area contributed by atoms with Gasteiger partial charge in [-0.3, -0.25) is 0 Å². The predicted octanol–water partition coefficient (Wildman–Crippen LogP) is 3.24. The Kier molecular flexibility index (Phi) is 2.06. The number of benzene rings is 1. The lowest BCUT2D eigenvalue weighted by Crippen LogP contribution is -2.45. The zero-order chi connectivity index (χ0) is 10.3. The summed E-state index contributed by atoms with van der Waals surface area (Å²) in [5, 5.41) is 0. The number of para-hydroxylation sites is 1. The lowest BCUT2D eigenvalue weighted by atomic mass is 9.99. The number of rotatable bonds is 1. The monoisotopic (exact) mass is 189 g/mol. The summed E-state index contributed by atoms with van der Waals surface area (Å²) >= 11 is 0. The van der Waals surface area contributed by atoms with Crippen LogP contribution in [-0.2, 0) is 6.42 Å². The number of nitrogens with zero attached hydrogens (tertiary/aromatic N) is 1. The molecule has 1 heteroatoms. The van der Waals surface area contributed by atoms with Crippen molar-refractivity contribution >= 4 is 5.69 Å². The van der Waals surface area contributed by atoms with Crippen LogP contribution < -0.4 is 4.90 Å². The Morgan fingerprint density at radius 2 is 1.86 bits per heavy atom. The Hall–Kier alpha value is -0.980. The van der Waals surface area contributed by atoms with Crippen molar-refractivity contribution in [3.63, 3.8) is 0 Å². The fourth-order valence-electron chi connectivity index (χ4n) is 2.75. The standard InChI is InChI=1S/C13H19N/c1-10(2)14-12-8-6-5-7-11(12)9-13(14,3)4/h5-8,10H,9H2,1-4H3. The van der Waals surface area contributed by atoms with Crippen molar-refractivity contribution in [1.82, 2.24) is 0 Å². The third kappa shape index (κ3) is 1.31. The highest BCUT2D eigenvalue weighted by Gasteiger charge is 2.36. The molecule has 1 nitrogen and oxygen atoms in total. The smallest absolute Gasteiger partial charge is 0.0406 e. The van der Waals surface area contributed by atoms with E-state index in [1.165, 1.54) is 17.7 Å². The van der Waals surface area contributed by atoms with E-state index in [1.54, 1.807) is 0 Å². The van der Waals surface area contributed by atoms with Gasteiger partial charge in [-0.2, -0.15) is 0 Å². The Morgan fingerprint density at radius 3 is 2.50 bits per heavy atom. The van der Waals surface area contributed by atoms with E-state index in [2.05, 4.69) is 56.9 Å². The Morgan fingerprint density at radius 1 is 1.21 bits per heavy atom. The third-order valence-corrected chi connectivity index (χ3v) is 3.04. The first-order valence-corrected chi connectivity index (χ1v) is 5.39. The number of hydrogen-bond donors (Lipinski definition) is 0. The molecule has 0 radical (unpaired) electrons. The second-order valence-electron chi connectivity index (χ2n) is 5.08. The molecule has 1 heterocycles. The molecule has 1 aromatic rings. The van der Waals surface area contributed by atoms with Gasteiger partial charge in [0.25, 0.3) is 0 Å². The molecule has 2 rings (SSSR count). The van der Waals surface area contributed by atoms with Gasteiger partial charge in [0.2, 0.25) is 0 Å². The molecular weight excluding hydrogens is 170 g/mol. The molecular formula is C13H19N. The highest BCUT2D eigenvalue weighted by molar-refractivity contribution is 5.61. The number of hydrogen-bond acceptors (Lipinski definition) is 1. The number of anilines is 1. The molecule has 76 valence electrons. The van der Waals surface area contributed by atoms with Crippen LogP contribution in [0.2, 0.25) is 0 Å². The van der Waals surface area contributed by atoms with Gasteiger partial charge in [-0.05, 0) is 45.7 Å². The first kappa shape index (κ1) is 9.57. The van der Waals surface area contributed by atoms with E-state index in [-0.39, 0.29) is 5.54 Å². The van der Waals surface area contributed by atoms with Gasteiger partial charge < -0.3 is 4.90 Å². The maximum Gasteiger partial charge on any atom is 0.0406 e. The summed E-state index contributed by atoms with van der Waals surface area (Å²) in [7, 11) is 0. The van der Waals surface area contributed by atoms with Crippen molar-refractivity contribution < 1.29 is 0 Å². The summed E-state index contributed by atoms with van der Waals surface area (Å²) in [5.41, 5.74) is 3.19. The van der Waals surface area contributed by atoms with Gasteiger partial charge in [-0.25, -0.2) is 0 Å². The van der Waals surface area contributed by atoms with Crippen LogP contribution in [0.3, 0.4) is 0 Å². The molecule has 0 aromatic heterocycles. The first-order chi connectivity index (χ1) is 6.52. The molecule has 0 saturated carbocycles. The minimum Gasteiger partial charge on any atom is -0.363 e. The van der Waals surface area contributed by atoms with Gasteiger partial charge in [0.05, 0.1) is 0 Å². The quantitative estimate of drug-likeness (QED) is 0.655. The maximum atomic E-state index is 2.53. The van der Waals surface area contributed by atoms with Gasteiger partial charge in [0.15, 0.2) is 0 Å². The second-order valence-corrected chi connectivity index (χ2v) is 5.08. The summed E-state index contributed by atoms with van der Waals surface area (Å²) in [6.07, 6.45) is 1.17. The zero-order valence-corrected chi connectivity index (χ0v) is 9.54. The van der Waals surface area contributed by atoms with Gasteiger partial charge in [0.1, 0.15) is 0 Å². The lowest BCUT2D eigenvalue weighted by molar-refractivity contribution is 0.454. The minimum absolute atomic E-state index is 0.276. The number of fused-ring (bicyclic) bond motifs is 1. The van der Waals surface area contributed by atoms with Gasteiger partial charge >= 0.3 is 0 Å². The molecule has 0 N–H and O–H groups in total. The summed E-state index contributed by atoms with van der Waals surface area (Å²) in [5.74, 6) is 0. The average molecular weight is 189 g/mol. The van der Waals surface area contributed by atoms with Crippen LogP contribution in [0.1, 0.15) is 33.3 Å². The highest BCUT2D eigenvalue weighted by Crippen LogP contribution is 2.39. The first-order valence-electron chi connectivity index (χ1n) is 5.39. The molecule has 0 amide bonds. The Balaban J connectivity index is 2.48. The van der Waals surface area contributed by atoms with E-state index >= 15 is 0 Å². The summed E-state index contributed by atoms with van der Waals surface area (Å²) in [4.78, 5) is 2.53. The van der Waals surface area contributed by atoms with Crippen LogP contribution in [0.4, 0.5) is 5.69 Å². The fraction of sp³-hybridized carbons (Fsp3) is 0.538. The molecule has 1 aromatic carbocycles. The molecule has 0 saturated heterocycles. The van der Waals surface area contributed by atoms with E-state index in [1.807, 2.05) is 0 Å². The summed E-state index contributed by atoms with van der Waals surface area (Å²) in [6, 6.07) is 9.34. The minimum atomic E-state index is 0.276. The van der Waals surface area contributed by atoms with Gasteiger partial charge in [-0.15, -0.1) is 0 Å². The lowest BCUT2D eigenvalue weighted by Gasteiger charge is -2.37. The van der Waals surface area contributed by atoms with Crippen LogP contribution in [0.25, 0.3) is 0 Å². The molecule has 0 spiro atoms. The molecule has 0 bridgehead atoms. The molecule has 14 heavy (non-hydrogen) atoms. The van der Waals surface area contributed by atoms with Crippen LogP contribution in [0.5, 0.6) is 0 Å². The summed E-state index contributed by atoms with van der Waals surface area (Å²) in [6.45, 7) is 9.19. The predicted molar refractivity (Wildman–Crippen MR) is 61.8 cm³/mol. The van der Waals surface area contributed by atoms with Crippen molar-refractivity contribution in [3.8, 4) is 0 Å². The largest absolute Gasteiger partial charge is 0.363 e. The highest BCUT2D eigenvalue weighted by atomic mass is 15.2. The maximum absolute atomic E-state index is 2.53. The SMILES string of the molecule is CC(C)N1c2ccccc2CC1(C)C. The Bertz CT molecular complexity index is 339. The molecule has 0 aliphatic carbocycles. The zero-order valence-electron chi connectivity index (χ0n) is 9.54. The van der Waals surface area contributed by atoms with Crippen LogP contribution in [0.15, 0.2) is 24.3 Å². The van der Waals surface area contributed by atoms with E-state index < -0.39 is 0 Å². The van der Waals surface area contributed by atoms with Crippen molar-refractivity contribution in [2.75, 3.05) is 4.90 Å². The van der Waals surface area contributed by atoms with Crippen molar-refractivity contribution in [3.05, 3.63) is 29.8 Å². The van der Waals surface area contributed by atoms with Crippen molar-refractivity contribution in [1.29, 1.82) is 0 Å². The molecule has 1 aliphatic heterocycles. The topological polar surface area (TPSA) is 3.24 Å².